The molecule has 0 aliphatic rings. The molecule has 0 heterocycles. The number of hydrogen-bond acceptors (Lipinski definition) is 4. The molecule has 0 aliphatic carbocycles. The van der Waals surface area contributed by atoms with Crippen LogP contribution < -0.4 is 10.6 Å². The number of carbonyl (C=O) groups is 2. The van der Waals surface area contributed by atoms with Gasteiger partial charge < -0.3 is 20.1 Å². The normalized spacial score (nSPS) is 10.3. The van der Waals surface area contributed by atoms with Crippen molar-refractivity contribution >= 4 is 11.8 Å². The van der Waals surface area contributed by atoms with Gasteiger partial charge in [-0.25, -0.2) is 0 Å². The molecular weight excluding hydrogens is 260 g/mol. The third kappa shape index (κ3) is 13.3. The van der Waals surface area contributed by atoms with Gasteiger partial charge in [-0.05, 0) is 13.3 Å². The molecule has 0 fully saturated rings. The van der Waals surface area contributed by atoms with E-state index >= 15 is 0 Å². The minimum atomic E-state index is -0.126. The Kier molecular flexibility index (Phi) is 13.5. The number of nitrogens with one attached hydrogen (secondary N) is 2. The summed E-state index contributed by atoms with van der Waals surface area (Å²) < 4.78 is 10.6. The summed E-state index contributed by atoms with van der Waals surface area (Å²) >= 11 is 0. The van der Waals surface area contributed by atoms with Crippen molar-refractivity contribution in [3.05, 3.63) is 0 Å². The molecule has 20 heavy (non-hydrogen) atoms. The number of ether oxygens (including phenoxy) is 2. The molecule has 2 N–H and O–H groups in total. The molecule has 0 atom stereocenters. The van der Waals surface area contributed by atoms with Crippen molar-refractivity contribution < 1.29 is 19.1 Å². The minimum absolute atomic E-state index is 0.0943. The van der Waals surface area contributed by atoms with Gasteiger partial charge in [0.2, 0.25) is 11.8 Å². The van der Waals surface area contributed by atoms with E-state index in [4.69, 9.17) is 9.47 Å². The third-order valence-electron chi connectivity index (χ3n) is 2.54. The third-order valence-corrected chi connectivity index (χ3v) is 2.54. The van der Waals surface area contributed by atoms with Crippen LogP contribution in [0.5, 0.6) is 0 Å². The number of unbranched alkanes of at least 4 members (excludes halogenated alkanes) is 1. The van der Waals surface area contributed by atoms with Gasteiger partial charge in [-0.15, -0.1) is 0 Å². The maximum atomic E-state index is 11.4. The molecule has 0 aliphatic heterocycles. The summed E-state index contributed by atoms with van der Waals surface area (Å²) in [5.41, 5.74) is 0. The Labute approximate surface area is 121 Å². The van der Waals surface area contributed by atoms with E-state index in [0.717, 1.165) is 19.4 Å². The van der Waals surface area contributed by atoms with E-state index < -0.39 is 0 Å². The van der Waals surface area contributed by atoms with Gasteiger partial charge in [0.25, 0.3) is 0 Å². The molecule has 0 saturated carbocycles. The van der Waals surface area contributed by atoms with E-state index in [1.165, 1.54) is 0 Å². The lowest BCUT2D eigenvalue weighted by molar-refractivity contribution is -0.126. The Morgan fingerprint density at radius 1 is 0.850 bits per heavy atom. The van der Waals surface area contributed by atoms with Crippen LogP contribution in [0.25, 0.3) is 0 Å². The molecule has 0 spiro atoms. The summed E-state index contributed by atoms with van der Waals surface area (Å²) in [6.07, 6.45) is 2.64. The van der Waals surface area contributed by atoms with E-state index in [-0.39, 0.29) is 24.7 Å². The molecule has 6 heteroatoms. The lowest BCUT2D eigenvalue weighted by Gasteiger charge is -2.07. The summed E-state index contributed by atoms with van der Waals surface area (Å²) in [6.45, 7) is 7.39. The molecular formula is C14H28N2O4. The fourth-order valence-corrected chi connectivity index (χ4v) is 1.43. The summed E-state index contributed by atoms with van der Waals surface area (Å²) in [5.74, 6) is -0.220. The van der Waals surface area contributed by atoms with E-state index in [2.05, 4.69) is 17.6 Å². The van der Waals surface area contributed by atoms with E-state index in [1.54, 1.807) is 0 Å². The van der Waals surface area contributed by atoms with Gasteiger partial charge in [-0.3, -0.25) is 9.59 Å². The van der Waals surface area contributed by atoms with Crippen LogP contribution in [0.2, 0.25) is 0 Å². The van der Waals surface area contributed by atoms with Crippen molar-refractivity contribution in [1.29, 1.82) is 0 Å². The van der Waals surface area contributed by atoms with Crippen molar-refractivity contribution in [2.75, 3.05) is 39.5 Å². The predicted molar refractivity (Wildman–Crippen MR) is 77.5 cm³/mol. The zero-order valence-corrected chi connectivity index (χ0v) is 12.7. The second-order valence-corrected chi connectivity index (χ2v) is 4.38. The zero-order chi connectivity index (χ0) is 15.1. The molecule has 0 radical (unpaired) electrons. The highest BCUT2D eigenvalue weighted by molar-refractivity contribution is 5.83. The average Bonchev–Trinajstić information content (AvgIpc) is 2.43. The second-order valence-electron chi connectivity index (χ2n) is 4.38. The van der Waals surface area contributed by atoms with Crippen molar-refractivity contribution in [1.82, 2.24) is 10.6 Å². The lowest BCUT2D eigenvalue weighted by atomic mass is 10.3. The van der Waals surface area contributed by atoms with E-state index in [9.17, 15) is 9.59 Å². The second kappa shape index (κ2) is 14.3. The first-order chi connectivity index (χ1) is 9.70. The lowest BCUT2D eigenvalue weighted by Crippen LogP contribution is -2.30. The smallest absolute Gasteiger partial charge is 0.220 e. The molecule has 0 aromatic carbocycles. The molecule has 0 saturated heterocycles. The highest BCUT2D eigenvalue weighted by Crippen LogP contribution is 1.89. The van der Waals surface area contributed by atoms with Gasteiger partial charge in [-0.2, -0.15) is 0 Å². The van der Waals surface area contributed by atoms with Gasteiger partial charge in [0.1, 0.15) is 0 Å². The number of carbonyl (C=O) groups excluding carboxylic acids is 2. The summed E-state index contributed by atoms with van der Waals surface area (Å²) in [7, 11) is 0. The van der Waals surface area contributed by atoms with Crippen LogP contribution in [0.4, 0.5) is 0 Å². The standard InChI is InChI=1S/C14H28N2O4/c1-3-5-9-19-11-12-20-10-8-16-14(18)7-6-13(17)15-4-2/h3-12H2,1-2H3,(H,15,17)(H,16,18). The molecule has 118 valence electrons. The predicted octanol–water partition coefficient (Wildman–Crippen LogP) is 0.852. The maximum absolute atomic E-state index is 11.4. The molecule has 0 rings (SSSR count). The van der Waals surface area contributed by atoms with Gasteiger partial charge in [-0.1, -0.05) is 13.3 Å². The molecule has 0 aromatic rings. The van der Waals surface area contributed by atoms with Crippen molar-refractivity contribution in [3.63, 3.8) is 0 Å². The monoisotopic (exact) mass is 288 g/mol. The van der Waals surface area contributed by atoms with Crippen LogP contribution in [0.15, 0.2) is 0 Å². The van der Waals surface area contributed by atoms with Crippen LogP contribution in [-0.4, -0.2) is 51.3 Å². The van der Waals surface area contributed by atoms with Crippen LogP contribution in [0.3, 0.4) is 0 Å². The number of rotatable bonds is 13. The zero-order valence-electron chi connectivity index (χ0n) is 12.7. The van der Waals surface area contributed by atoms with Crippen LogP contribution >= 0.6 is 0 Å². The molecule has 0 unspecified atom stereocenters. The first-order valence-corrected chi connectivity index (χ1v) is 7.39. The van der Waals surface area contributed by atoms with Crippen molar-refractivity contribution in [3.8, 4) is 0 Å². The molecule has 0 aromatic heterocycles. The summed E-state index contributed by atoms with van der Waals surface area (Å²) in [5, 5.41) is 5.35. The minimum Gasteiger partial charge on any atom is -0.379 e. The number of hydrogen-bond donors (Lipinski definition) is 2. The quantitative estimate of drug-likeness (QED) is 0.493. The first-order valence-electron chi connectivity index (χ1n) is 7.39. The molecule has 0 bridgehead atoms. The summed E-state index contributed by atoms with van der Waals surface area (Å²) in [6, 6.07) is 0. The molecule has 2 amide bonds. The van der Waals surface area contributed by atoms with Gasteiger partial charge in [0.15, 0.2) is 0 Å². The Morgan fingerprint density at radius 2 is 1.45 bits per heavy atom. The Morgan fingerprint density at radius 3 is 2.05 bits per heavy atom. The number of amides is 2. The topological polar surface area (TPSA) is 76.7 Å². The fourth-order valence-electron chi connectivity index (χ4n) is 1.43. The van der Waals surface area contributed by atoms with Gasteiger partial charge in [0.05, 0.1) is 19.8 Å². The highest BCUT2D eigenvalue weighted by atomic mass is 16.5. The van der Waals surface area contributed by atoms with Gasteiger partial charge in [0, 0.05) is 32.5 Å². The SMILES string of the molecule is CCCCOCCOCCNC(=O)CCC(=O)NCC. The summed E-state index contributed by atoms with van der Waals surface area (Å²) in [4.78, 5) is 22.5. The Hall–Kier alpha value is -1.14. The first kappa shape index (κ1) is 18.9. The van der Waals surface area contributed by atoms with Crippen LogP contribution in [-0.2, 0) is 19.1 Å². The van der Waals surface area contributed by atoms with Gasteiger partial charge >= 0.3 is 0 Å². The fraction of sp³-hybridized carbons (Fsp3) is 0.857. The van der Waals surface area contributed by atoms with E-state index in [1.807, 2.05) is 6.92 Å². The van der Waals surface area contributed by atoms with Crippen LogP contribution in [0.1, 0.15) is 39.5 Å². The van der Waals surface area contributed by atoms with Crippen molar-refractivity contribution in [2.24, 2.45) is 0 Å². The highest BCUT2D eigenvalue weighted by Gasteiger charge is 2.05. The van der Waals surface area contributed by atoms with Crippen LogP contribution in [0, 0.1) is 0 Å². The Bertz CT molecular complexity index is 260. The largest absolute Gasteiger partial charge is 0.379 e. The molecule has 6 nitrogen and oxygen atoms in total. The Balaban J connectivity index is 3.25. The maximum Gasteiger partial charge on any atom is 0.220 e. The van der Waals surface area contributed by atoms with E-state index in [0.29, 0.717) is 32.9 Å². The average molecular weight is 288 g/mol. The van der Waals surface area contributed by atoms with Crippen molar-refractivity contribution in [2.45, 2.75) is 39.5 Å².